The first kappa shape index (κ1) is 19.4. The van der Waals surface area contributed by atoms with Gasteiger partial charge in [-0.25, -0.2) is 0 Å². The van der Waals surface area contributed by atoms with Crippen LogP contribution in [0.1, 0.15) is 39.2 Å². The number of benzene rings is 3. The third-order valence-electron chi connectivity index (χ3n) is 5.88. The molecule has 0 spiro atoms. The maximum atomic E-state index is 11.6. The molecule has 1 heterocycles. The van der Waals surface area contributed by atoms with Crippen molar-refractivity contribution in [2.75, 3.05) is 11.5 Å². The lowest BCUT2D eigenvalue weighted by Crippen LogP contribution is -2.09. The minimum Gasteiger partial charge on any atom is -0.507 e. The summed E-state index contributed by atoms with van der Waals surface area (Å²) in [5.74, 6) is 2.86. The summed E-state index contributed by atoms with van der Waals surface area (Å²) in [6.07, 6.45) is 0. The molecule has 4 rings (SSSR count). The standard InChI is InChI=1S/C25H28OS2/c1-5-28(6-2,23-16-27-21-14-10-9-13-20(21)23)22-15-18-11-7-8-12-19(18)24(17(3)4)25(22)26/h7-17,26H,5-6H2,1-4H3. The van der Waals surface area contributed by atoms with Crippen molar-refractivity contribution in [3.05, 3.63) is 65.5 Å². The van der Waals surface area contributed by atoms with Crippen molar-refractivity contribution in [1.29, 1.82) is 0 Å². The van der Waals surface area contributed by atoms with Gasteiger partial charge in [0.2, 0.25) is 0 Å². The summed E-state index contributed by atoms with van der Waals surface area (Å²) in [6.45, 7) is 8.93. The number of hydrogen-bond acceptors (Lipinski definition) is 2. The van der Waals surface area contributed by atoms with E-state index in [1.165, 1.54) is 25.8 Å². The number of aromatic hydroxyl groups is 1. The van der Waals surface area contributed by atoms with E-state index in [2.05, 4.69) is 87.7 Å². The van der Waals surface area contributed by atoms with Crippen molar-refractivity contribution in [1.82, 2.24) is 0 Å². The first-order valence-corrected chi connectivity index (χ1v) is 12.9. The SMILES string of the molecule is CCS(CC)(c1cc2ccccc2c(C(C)C)c1O)c1csc2ccccc12. The number of hydrogen-bond donors (Lipinski definition) is 1. The Balaban J connectivity index is 2.09. The molecular weight excluding hydrogens is 380 g/mol. The molecular formula is C25H28OS2. The molecule has 0 saturated heterocycles. The van der Waals surface area contributed by atoms with Gasteiger partial charge >= 0.3 is 0 Å². The second-order valence-electron chi connectivity index (χ2n) is 7.57. The van der Waals surface area contributed by atoms with E-state index in [1.54, 1.807) is 0 Å². The highest BCUT2D eigenvalue weighted by atomic mass is 32.3. The van der Waals surface area contributed by atoms with Gasteiger partial charge in [0.25, 0.3) is 0 Å². The third kappa shape index (κ3) is 2.84. The van der Waals surface area contributed by atoms with Crippen molar-refractivity contribution in [3.8, 4) is 5.75 Å². The van der Waals surface area contributed by atoms with E-state index >= 15 is 0 Å². The predicted octanol–water partition coefficient (Wildman–Crippen LogP) is 8.15. The number of thiophene rings is 1. The fourth-order valence-corrected chi connectivity index (χ4v) is 9.51. The summed E-state index contributed by atoms with van der Waals surface area (Å²) < 4.78 is 1.33. The Morgan fingerprint density at radius 2 is 1.54 bits per heavy atom. The van der Waals surface area contributed by atoms with Crippen molar-refractivity contribution in [2.45, 2.75) is 43.4 Å². The Morgan fingerprint density at radius 1 is 0.893 bits per heavy atom. The number of rotatable bonds is 5. The summed E-state index contributed by atoms with van der Waals surface area (Å²) in [7, 11) is -1.33. The van der Waals surface area contributed by atoms with E-state index in [-0.39, 0.29) is 5.92 Å². The second-order valence-corrected chi connectivity index (χ2v) is 12.3. The van der Waals surface area contributed by atoms with E-state index in [0.717, 1.165) is 22.0 Å². The van der Waals surface area contributed by atoms with Crippen molar-refractivity contribution < 1.29 is 5.11 Å². The van der Waals surface area contributed by atoms with Crippen LogP contribution in [0.5, 0.6) is 5.75 Å². The zero-order valence-corrected chi connectivity index (χ0v) is 18.7. The average Bonchev–Trinajstić information content (AvgIpc) is 3.14. The van der Waals surface area contributed by atoms with Crippen LogP contribution in [-0.4, -0.2) is 16.6 Å². The highest BCUT2D eigenvalue weighted by molar-refractivity contribution is 8.34. The molecule has 4 aromatic rings. The molecule has 28 heavy (non-hydrogen) atoms. The fourth-order valence-electron chi connectivity index (χ4n) is 4.42. The molecule has 3 heteroatoms. The fraction of sp³-hybridized carbons (Fsp3) is 0.280. The molecule has 0 bridgehead atoms. The molecule has 0 amide bonds. The van der Waals surface area contributed by atoms with Crippen LogP contribution >= 0.6 is 21.4 Å². The van der Waals surface area contributed by atoms with E-state index in [0.29, 0.717) is 5.75 Å². The van der Waals surface area contributed by atoms with Crippen LogP contribution in [0.2, 0.25) is 0 Å². The monoisotopic (exact) mass is 408 g/mol. The average molecular weight is 409 g/mol. The molecule has 0 unspecified atom stereocenters. The third-order valence-corrected chi connectivity index (χ3v) is 11.3. The first-order valence-electron chi connectivity index (χ1n) is 10.0. The second kappa shape index (κ2) is 7.46. The van der Waals surface area contributed by atoms with Gasteiger partial charge in [0, 0.05) is 30.8 Å². The number of fused-ring (bicyclic) bond motifs is 2. The molecule has 1 aromatic heterocycles. The van der Waals surface area contributed by atoms with Gasteiger partial charge in [-0.05, 0) is 40.3 Å². The maximum absolute atomic E-state index is 11.6. The van der Waals surface area contributed by atoms with E-state index < -0.39 is 10.0 Å². The highest BCUT2D eigenvalue weighted by Gasteiger charge is 2.32. The smallest absolute Gasteiger partial charge is 0.132 e. The van der Waals surface area contributed by atoms with Gasteiger partial charge in [-0.1, -0.05) is 70.2 Å². The first-order chi connectivity index (χ1) is 13.5. The van der Waals surface area contributed by atoms with Crippen LogP contribution in [0.4, 0.5) is 0 Å². The van der Waals surface area contributed by atoms with Crippen molar-refractivity contribution in [2.24, 2.45) is 0 Å². The van der Waals surface area contributed by atoms with E-state index in [1.807, 2.05) is 11.3 Å². The van der Waals surface area contributed by atoms with Crippen LogP contribution in [-0.2, 0) is 0 Å². The molecule has 0 aliphatic carbocycles. The number of phenolic OH excluding ortho intramolecular Hbond substituents is 1. The molecule has 0 fully saturated rings. The molecule has 0 radical (unpaired) electrons. The predicted molar refractivity (Wildman–Crippen MR) is 127 cm³/mol. The Hall–Kier alpha value is -1.97. The summed E-state index contributed by atoms with van der Waals surface area (Å²) >= 11 is 1.83. The van der Waals surface area contributed by atoms with Gasteiger partial charge in [0.05, 0.1) is 0 Å². The molecule has 3 aromatic carbocycles. The van der Waals surface area contributed by atoms with Gasteiger partial charge in [0.1, 0.15) is 5.75 Å². The molecule has 1 nitrogen and oxygen atoms in total. The zero-order valence-electron chi connectivity index (χ0n) is 17.0. The van der Waals surface area contributed by atoms with E-state index in [9.17, 15) is 5.11 Å². The normalized spacial score (nSPS) is 12.9. The Kier molecular flexibility index (Phi) is 5.15. The van der Waals surface area contributed by atoms with E-state index in [4.69, 9.17) is 0 Å². The number of phenols is 1. The molecule has 1 N–H and O–H groups in total. The minimum absolute atomic E-state index is 0.273. The topological polar surface area (TPSA) is 20.2 Å². The molecule has 0 aliphatic rings. The molecule has 0 atom stereocenters. The summed E-state index contributed by atoms with van der Waals surface area (Å²) in [4.78, 5) is 2.59. The van der Waals surface area contributed by atoms with Gasteiger partial charge in [-0.3, -0.25) is 0 Å². The van der Waals surface area contributed by atoms with Crippen molar-refractivity contribution >= 4 is 42.2 Å². The van der Waals surface area contributed by atoms with Gasteiger partial charge in [-0.15, -0.1) is 11.3 Å². The molecule has 0 saturated carbocycles. The van der Waals surface area contributed by atoms with Crippen LogP contribution in [0.25, 0.3) is 20.9 Å². The zero-order chi connectivity index (χ0) is 19.9. The summed E-state index contributed by atoms with van der Waals surface area (Å²) in [6, 6.07) is 19.5. The molecule has 0 aliphatic heterocycles. The maximum Gasteiger partial charge on any atom is 0.132 e. The summed E-state index contributed by atoms with van der Waals surface area (Å²) in [5.41, 5.74) is 1.09. The lowest BCUT2D eigenvalue weighted by atomic mass is 9.95. The van der Waals surface area contributed by atoms with Gasteiger partial charge in [0.15, 0.2) is 0 Å². The highest BCUT2D eigenvalue weighted by Crippen LogP contribution is 2.67. The largest absolute Gasteiger partial charge is 0.507 e. The van der Waals surface area contributed by atoms with Crippen LogP contribution < -0.4 is 0 Å². The van der Waals surface area contributed by atoms with Crippen molar-refractivity contribution in [3.63, 3.8) is 0 Å². The van der Waals surface area contributed by atoms with Gasteiger partial charge < -0.3 is 5.11 Å². The van der Waals surface area contributed by atoms with Crippen LogP contribution in [0.15, 0.2) is 69.8 Å². The Morgan fingerprint density at radius 3 is 2.21 bits per heavy atom. The van der Waals surface area contributed by atoms with Gasteiger partial charge in [-0.2, -0.15) is 10.0 Å². The molecule has 146 valence electrons. The van der Waals surface area contributed by atoms with Crippen LogP contribution in [0, 0.1) is 0 Å². The summed E-state index contributed by atoms with van der Waals surface area (Å²) in [5, 5.41) is 17.7. The minimum atomic E-state index is -1.33. The lowest BCUT2D eigenvalue weighted by molar-refractivity contribution is 0.453. The Labute approximate surface area is 173 Å². The Bertz CT molecular complexity index is 1140. The lowest BCUT2D eigenvalue weighted by Gasteiger charge is -2.40. The van der Waals surface area contributed by atoms with Crippen LogP contribution in [0.3, 0.4) is 0 Å². The quantitative estimate of drug-likeness (QED) is 0.353.